The Bertz CT molecular complexity index is 863. The average Bonchev–Trinajstić information content (AvgIpc) is 2.83. The summed E-state index contributed by atoms with van der Waals surface area (Å²) in [7, 11) is 4.61. The van der Waals surface area contributed by atoms with E-state index < -0.39 is 5.97 Å². The molecule has 0 unspecified atom stereocenters. The zero-order valence-corrected chi connectivity index (χ0v) is 16.0. The number of carbonyl (C=O) groups excluding carboxylic acids is 3. The molecule has 0 bridgehead atoms. The summed E-state index contributed by atoms with van der Waals surface area (Å²) in [6, 6.07) is 7.20. The van der Waals surface area contributed by atoms with Crippen LogP contribution in [0.25, 0.3) is 0 Å². The molecule has 2 aromatic rings. The van der Waals surface area contributed by atoms with E-state index in [1.807, 2.05) is 19.1 Å². The fraction of sp³-hybridized carbons (Fsp3) is 0.350. The maximum Gasteiger partial charge on any atom is 0.354 e. The fourth-order valence-corrected chi connectivity index (χ4v) is 3.06. The lowest BCUT2D eigenvalue weighted by atomic mass is 10.0. The van der Waals surface area contributed by atoms with E-state index in [2.05, 4.69) is 0 Å². The molecule has 138 valence electrons. The molecule has 0 aliphatic rings. The van der Waals surface area contributed by atoms with Crippen LogP contribution in [0.3, 0.4) is 0 Å². The van der Waals surface area contributed by atoms with Crippen molar-refractivity contribution in [2.75, 3.05) is 20.7 Å². The summed E-state index contributed by atoms with van der Waals surface area (Å²) in [6.45, 7) is 5.36. The van der Waals surface area contributed by atoms with Gasteiger partial charge in [0.15, 0.2) is 5.78 Å². The van der Waals surface area contributed by atoms with E-state index in [9.17, 15) is 14.4 Å². The number of carbonyl (C=O) groups is 3. The zero-order valence-electron chi connectivity index (χ0n) is 16.0. The molecule has 6 nitrogen and oxygen atoms in total. The second kappa shape index (κ2) is 7.56. The Kier molecular flexibility index (Phi) is 5.65. The minimum atomic E-state index is -0.490. The molecule has 6 heteroatoms. The largest absolute Gasteiger partial charge is 0.464 e. The lowest BCUT2D eigenvalue weighted by Crippen LogP contribution is -2.32. The first-order valence-corrected chi connectivity index (χ1v) is 8.28. The molecule has 0 spiro atoms. The van der Waals surface area contributed by atoms with E-state index in [0.29, 0.717) is 28.1 Å². The maximum atomic E-state index is 12.8. The Morgan fingerprint density at radius 2 is 1.65 bits per heavy atom. The average molecular weight is 356 g/mol. The number of ether oxygens (including phenoxy) is 1. The number of nitrogens with zero attached hydrogens (tertiary/aromatic N) is 2. The van der Waals surface area contributed by atoms with Gasteiger partial charge in [0.25, 0.3) is 5.91 Å². The monoisotopic (exact) mass is 356 g/mol. The molecule has 0 atom stereocenters. The lowest BCUT2D eigenvalue weighted by Gasteiger charge is -2.17. The van der Waals surface area contributed by atoms with Gasteiger partial charge in [0.2, 0.25) is 0 Å². The van der Waals surface area contributed by atoms with Gasteiger partial charge >= 0.3 is 5.97 Å². The minimum Gasteiger partial charge on any atom is -0.464 e. The van der Waals surface area contributed by atoms with Crippen molar-refractivity contribution in [2.24, 2.45) is 7.05 Å². The number of aromatic nitrogens is 1. The smallest absolute Gasteiger partial charge is 0.354 e. The van der Waals surface area contributed by atoms with Gasteiger partial charge in [-0.3, -0.25) is 9.59 Å². The predicted molar refractivity (Wildman–Crippen MR) is 98.7 cm³/mol. The number of ketones is 1. The maximum absolute atomic E-state index is 12.8. The van der Waals surface area contributed by atoms with E-state index in [4.69, 9.17) is 4.74 Å². The molecule has 1 amide bonds. The number of hydrogen-bond acceptors (Lipinski definition) is 4. The standard InChI is InChI=1S/C20H24N2O4/c1-12-7-9-15(10-8-12)19(24)21(4)11-16(23)17-13(2)18(20(25)26-6)22(5)14(17)3/h7-10H,11H2,1-6H3. The lowest BCUT2D eigenvalue weighted by molar-refractivity contribution is 0.0588. The summed E-state index contributed by atoms with van der Waals surface area (Å²) >= 11 is 0. The van der Waals surface area contributed by atoms with E-state index in [0.717, 1.165) is 5.56 Å². The van der Waals surface area contributed by atoms with Gasteiger partial charge in [-0.2, -0.15) is 0 Å². The van der Waals surface area contributed by atoms with Crippen LogP contribution in [-0.2, 0) is 11.8 Å². The van der Waals surface area contributed by atoms with E-state index in [-0.39, 0.29) is 18.2 Å². The van der Waals surface area contributed by atoms with Crippen molar-refractivity contribution in [3.8, 4) is 0 Å². The third-order valence-corrected chi connectivity index (χ3v) is 4.61. The number of benzene rings is 1. The highest BCUT2D eigenvalue weighted by Gasteiger charge is 2.26. The van der Waals surface area contributed by atoms with Crippen molar-refractivity contribution in [3.05, 3.63) is 57.9 Å². The Labute approximate surface area is 153 Å². The van der Waals surface area contributed by atoms with E-state index >= 15 is 0 Å². The molecule has 26 heavy (non-hydrogen) atoms. The minimum absolute atomic E-state index is 0.0704. The van der Waals surface area contributed by atoms with Crippen LogP contribution in [0.15, 0.2) is 24.3 Å². The summed E-state index contributed by atoms with van der Waals surface area (Å²) < 4.78 is 6.45. The van der Waals surface area contributed by atoms with Gasteiger partial charge in [-0.15, -0.1) is 0 Å². The second-order valence-corrected chi connectivity index (χ2v) is 6.44. The van der Waals surface area contributed by atoms with E-state index in [1.54, 1.807) is 44.6 Å². The number of methoxy groups -OCH3 is 1. The predicted octanol–water partition coefficient (Wildman–Crippen LogP) is 2.69. The summed E-state index contributed by atoms with van der Waals surface area (Å²) in [6.07, 6.45) is 0. The molecule has 0 saturated heterocycles. The first kappa shape index (κ1) is 19.4. The number of aryl methyl sites for hydroxylation is 1. The van der Waals surface area contributed by atoms with Crippen molar-refractivity contribution in [1.29, 1.82) is 0 Å². The summed E-state index contributed by atoms with van der Waals surface area (Å²) in [5.41, 5.74) is 3.63. The molecular formula is C20H24N2O4. The molecule has 1 heterocycles. The molecule has 1 aromatic heterocycles. The highest BCUT2D eigenvalue weighted by Crippen LogP contribution is 2.22. The van der Waals surface area contributed by atoms with Crippen molar-refractivity contribution >= 4 is 17.7 Å². The molecule has 2 rings (SSSR count). The van der Waals surface area contributed by atoms with Gasteiger partial charge in [-0.05, 0) is 38.5 Å². The Morgan fingerprint density at radius 1 is 1.08 bits per heavy atom. The van der Waals surface area contributed by atoms with Crippen molar-refractivity contribution < 1.29 is 19.1 Å². The Balaban J connectivity index is 2.26. The van der Waals surface area contributed by atoms with Crippen molar-refractivity contribution in [1.82, 2.24) is 9.47 Å². The summed E-state index contributed by atoms with van der Waals surface area (Å²) in [4.78, 5) is 38.7. The number of rotatable bonds is 5. The van der Waals surface area contributed by atoms with Gasteiger partial charge in [0, 0.05) is 30.9 Å². The first-order chi connectivity index (χ1) is 12.2. The molecule has 1 aromatic carbocycles. The number of Topliss-reactive ketones (excluding diaryl/α,β-unsaturated/α-hetero) is 1. The quantitative estimate of drug-likeness (QED) is 0.610. The molecule has 0 fully saturated rings. The Morgan fingerprint density at radius 3 is 2.19 bits per heavy atom. The highest BCUT2D eigenvalue weighted by molar-refractivity contribution is 6.05. The van der Waals surface area contributed by atoms with Gasteiger partial charge in [0.1, 0.15) is 5.69 Å². The SMILES string of the molecule is COC(=O)c1c(C)c(C(=O)CN(C)C(=O)c2ccc(C)cc2)c(C)n1C. The van der Waals surface area contributed by atoms with Crippen LogP contribution in [0, 0.1) is 20.8 Å². The van der Waals surface area contributed by atoms with Crippen LogP contribution < -0.4 is 0 Å². The fourth-order valence-electron chi connectivity index (χ4n) is 3.06. The second-order valence-electron chi connectivity index (χ2n) is 6.44. The summed E-state index contributed by atoms with van der Waals surface area (Å²) in [5.74, 6) is -0.928. The third kappa shape index (κ3) is 3.54. The zero-order chi connectivity index (χ0) is 19.6. The van der Waals surface area contributed by atoms with Crippen LogP contribution in [0.5, 0.6) is 0 Å². The number of hydrogen-bond donors (Lipinski definition) is 0. The van der Waals surface area contributed by atoms with Crippen LogP contribution in [0.2, 0.25) is 0 Å². The van der Waals surface area contributed by atoms with Crippen LogP contribution in [0.1, 0.15) is 48.0 Å². The molecule has 0 radical (unpaired) electrons. The van der Waals surface area contributed by atoms with Crippen LogP contribution in [-0.4, -0.2) is 47.8 Å². The van der Waals surface area contributed by atoms with Crippen LogP contribution in [0.4, 0.5) is 0 Å². The molecule has 0 N–H and O–H groups in total. The molecule has 0 aliphatic heterocycles. The normalized spacial score (nSPS) is 10.5. The number of amides is 1. The van der Waals surface area contributed by atoms with Crippen molar-refractivity contribution in [2.45, 2.75) is 20.8 Å². The van der Waals surface area contributed by atoms with Gasteiger partial charge < -0.3 is 14.2 Å². The van der Waals surface area contributed by atoms with Crippen LogP contribution >= 0.6 is 0 Å². The number of likely N-dealkylation sites (N-methyl/N-ethyl adjacent to an activating group) is 1. The van der Waals surface area contributed by atoms with Gasteiger partial charge in [0.05, 0.1) is 13.7 Å². The third-order valence-electron chi connectivity index (χ3n) is 4.61. The molecule has 0 saturated carbocycles. The summed E-state index contributed by atoms with van der Waals surface area (Å²) in [5, 5.41) is 0. The Hall–Kier alpha value is -2.89. The van der Waals surface area contributed by atoms with E-state index in [1.165, 1.54) is 12.0 Å². The van der Waals surface area contributed by atoms with Gasteiger partial charge in [-0.25, -0.2) is 4.79 Å². The highest BCUT2D eigenvalue weighted by atomic mass is 16.5. The van der Waals surface area contributed by atoms with Crippen molar-refractivity contribution in [3.63, 3.8) is 0 Å². The molecular weight excluding hydrogens is 332 g/mol. The molecule has 0 aliphatic carbocycles. The first-order valence-electron chi connectivity index (χ1n) is 8.28. The number of esters is 1. The topological polar surface area (TPSA) is 68.6 Å². The van der Waals surface area contributed by atoms with Gasteiger partial charge in [-0.1, -0.05) is 17.7 Å².